The fourth-order valence-corrected chi connectivity index (χ4v) is 3.81. The van der Waals surface area contributed by atoms with Gasteiger partial charge in [0.2, 0.25) is 5.95 Å². The van der Waals surface area contributed by atoms with E-state index in [9.17, 15) is 9.59 Å². The van der Waals surface area contributed by atoms with Gasteiger partial charge in [-0.15, -0.1) is 11.3 Å². The molecule has 1 saturated heterocycles. The minimum atomic E-state index is -0.731. The van der Waals surface area contributed by atoms with Crippen molar-refractivity contribution in [1.29, 1.82) is 0 Å². The minimum absolute atomic E-state index is 0.00839. The summed E-state index contributed by atoms with van der Waals surface area (Å²) in [6.07, 6.45) is 1.18. The maximum atomic E-state index is 12.8. The van der Waals surface area contributed by atoms with E-state index in [4.69, 9.17) is 10.1 Å². The maximum absolute atomic E-state index is 12.8. The molecule has 0 bridgehead atoms. The molecule has 23 heavy (non-hydrogen) atoms. The molecule has 124 valence electrons. The van der Waals surface area contributed by atoms with Gasteiger partial charge in [0.1, 0.15) is 4.70 Å². The standard InChI is InChI=1S/C16H21N3O3S/c1-10(2)9-19-14(20)13-12(5-8-23-13)17-16(19)18-6-3-11(4-7-18)15(21)22/h5,8,10-11H,3-4,6-7,9H2,1-2H3,(H,21,22). The van der Waals surface area contributed by atoms with Crippen molar-refractivity contribution in [3.8, 4) is 0 Å². The fraction of sp³-hybridized carbons (Fsp3) is 0.562. The number of rotatable bonds is 4. The van der Waals surface area contributed by atoms with Gasteiger partial charge in [0.05, 0.1) is 11.4 Å². The van der Waals surface area contributed by atoms with E-state index in [1.165, 1.54) is 11.3 Å². The van der Waals surface area contributed by atoms with Crippen molar-refractivity contribution in [3.63, 3.8) is 0 Å². The van der Waals surface area contributed by atoms with Crippen molar-refractivity contribution < 1.29 is 9.90 Å². The second-order valence-electron chi connectivity index (χ2n) is 6.46. The first kappa shape index (κ1) is 16.0. The second kappa shape index (κ2) is 6.31. The van der Waals surface area contributed by atoms with E-state index < -0.39 is 5.97 Å². The first-order chi connectivity index (χ1) is 11.0. The van der Waals surface area contributed by atoms with Crippen molar-refractivity contribution in [2.45, 2.75) is 33.2 Å². The Kier molecular flexibility index (Phi) is 4.39. The van der Waals surface area contributed by atoms with E-state index in [0.29, 0.717) is 49.0 Å². The summed E-state index contributed by atoms with van der Waals surface area (Å²) in [7, 11) is 0. The molecular formula is C16H21N3O3S. The lowest BCUT2D eigenvalue weighted by Crippen LogP contribution is -2.40. The third-order valence-electron chi connectivity index (χ3n) is 4.22. The Morgan fingerprint density at radius 3 is 2.74 bits per heavy atom. The van der Waals surface area contributed by atoms with Crippen molar-refractivity contribution in [2.75, 3.05) is 18.0 Å². The molecule has 1 N–H and O–H groups in total. The molecule has 0 saturated carbocycles. The lowest BCUT2D eigenvalue weighted by Gasteiger charge is -2.32. The van der Waals surface area contributed by atoms with Gasteiger partial charge >= 0.3 is 5.97 Å². The number of carbonyl (C=O) groups is 1. The lowest BCUT2D eigenvalue weighted by molar-refractivity contribution is -0.142. The minimum Gasteiger partial charge on any atom is -0.481 e. The summed E-state index contributed by atoms with van der Waals surface area (Å²) in [6.45, 7) is 6.01. The molecule has 0 spiro atoms. The Hall–Kier alpha value is -1.89. The number of hydrogen-bond donors (Lipinski definition) is 1. The van der Waals surface area contributed by atoms with Crippen LogP contribution in [-0.2, 0) is 11.3 Å². The molecule has 0 aromatic carbocycles. The average Bonchev–Trinajstić information content (AvgIpc) is 2.98. The molecule has 2 aromatic heterocycles. The van der Waals surface area contributed by atoms with Gasteiger partial charge in [-0.3, -0.25) is 14.2 Å². The molecular weight excluding hydrogens is 314 g/mol. The van der Waals surface area contributed by atoms with Crippen LogP contribution in [-0.4, -0.2) is 33.7 Å². The van der Waals surface area contributed by atoms with Crippen molar-refractivity contribution >= 4 is 33.5 Å². The van der Waals surface area contributed by atoms with E-state index in [1.54, 1.807) is 4.57 Å². The number of hydrogen-bond acceptors (Lipinski definition) is 5. The Morgan fingerprint density at radius 2 is 2.13 bits per heavy atom. The Balaban J connectivity index is 1.99. The third kappa shape index (κ3) is 3.10. The van der Waals surface area contributed by atoms with Crippen LogP contribution in [0.5, 0.6) is 0 Å². The zero-order chi connectivity index (χ0) is 16.6. The van der Waals surface area contributed by atoms with E-state index in [2.05, 4.69) is 18.7 Å². The summed E-state index contributed by atoms with van der Waals surface area (Å²) in [6, 6.07) is 1.87. The predicted molar refractivity (Wildman–Crippen MR) is 91.3 cm³/mol. The van der Waals surface area contributed by atoms with Crippen LogP contribution in [0.1, 0.15) is 26.7 Å². The molecule has 7 heteroatoms. The molecule has 0 radical (unpaired) electrons. The molecule has 1 aliphatic rings. The first-order valence-electron chi connectivity index (χ1n) is 7.93. The highest BCUT2D eigenvalue weighted by molar-refractivity contribution is 7.17. The summed E-state index contributed by atoms with van der Waals surface area (Å²) < 4.78 is 2.44. The van der Waals surface area contributed by atoms with Gasteiger partial charge in [0.25, 0.3) is 5.56 Å². The molecule has 3 rings (SSSR count). The number of nitrogens with zero attached hydrogens (tertiary/aromatic N) is 3. The zero-order valence-electron chi connectivity index (χ0n) is 13.4. The predicted octanol–water partition coefficient (Wildman–Crippen LogP) is 2.42. The van der Waals surface area contributed by atoms with Crippen LogP contribution in [0.25, 0.3) is 10.2 Å². The largest absolute Gasteiger partial charge is 0.481 e. The Morgan fingerprint density at radius 1 is 1.43 bits per heavy atom. The van der Waals surface area contributed by atoms with Gasteiger partial charge < -0.3 is 10.0 Å². The van der Waals surface area contributed by atoms with E-state index >= 15 is 0 Å². The number of aliphatic carboxylic acids is 1. The molecule has 0 aliphatic carbocycles. The van der Waals surface area contributed by atoms with E-state index in [1.807, 2.05) is 11.4 Å². The zero-order valence-corrected chi connectivity index (χ0v) is 14.2. The Bertz CT molecular complexity index is 772. The highest BCUT2D eigenvalue weighted by Gasteiger charge is 2.27. The van der Waals surface area contributed by atoms with Crippen LogP contribution in [0, 0.1) is 11.8 Å². The number of carboxylic acids is 1. The lowest BCUT2D eigenvalue weighted by atomic mass is 9.97. The van der Waals surface area contributed by atoms with Crippen LogP contribution in [0.15, 0.2) is 16.2 Å². The SMILES string of the molecule is CC(C)Cn1c(N2CCC(C(=O)O)CC2)nc2ccsc2c1=O. The molecule has 0 unspecified atom stereocenters. The Labute approximate surface area is 138 Å². The number of anilines is 1. The van der Waals surface area contributed by atoms with Crippen molar-refractivity contribution in [3.05, 3.63) is 21.8 Å². The normalized spacial score (nSPS) is 16.4. The van der Waals surface area contributed by atoms with Gasteiger partial charge in [-0.25, -0.2) is 4.98 Å². The molecule has 1 aliphatic heterocycles. The maximum Gasteiger partial charge on any atom is 0.306 e. The van der Waals surface area contributed by atoms with Crippen LogP contribution >= 0.6 is 11.3 Å². The van der Waals surface area contributed by atoms with Crippen LogP contribution < -0.4 is 10.5 Å². The molecule has 1 fully saturated rings. The molecule has 0 atom stereocenters. The summed E-state index contributed by atoms with van der Waals surface area (Å²) >= 11 is 1.42. The smallest absolute Gasteiger partial charge is 0.306 e. The van der Waals surface area contributed by atoms with Gasteiger partial charge in [0, 0.05) is 19.6 Å². The van der Waals surface area contributed by atoms with Crippen molar-refractivity contribution in [2.24, 2.45) is 11.8 Å². The third-order valence-corrected chi connectivity index (χ3v) is 5.11. The summed E-state index contributed by atoms with van der Waals surface area (Å²) in [4.78, 5) is 30.6. The highest BCUT2D eigenvalue weighted by atomic mass is 32.1. The highest BCUT2D eigenvalue weighted by Crippen LogP contribution is 2.25. The van der Waals surface area contributed by atoms with E-state index in [0.717, 1.165) is 5.52 Å². The topological polar surface area (TPSA) is 75.4 Å². The van der Waals surface area contributed by atoms with Crippen LogP contribution in [0.3, 0.4) is 0 Å². The van der Waals surface area contributed by atoms with Gasteiger partial charge in [-0.05, 0) is 30.2 Å². The molecule has 3 heterocycles. The molecule has 2 aromatic rings. The average molecular weight is 335 g/mol. The molecule has 6 nitrogen and oxygen atoms in total. The van der Waals surface area contributed by atoms with Crippen molar-refractivity contribution in [1.82, 2.24) is 9.55 Å². The summed E-state index contributed by atoms with van der Waals surface area (Å²) in [5.41, 5.74) is 0.740. The number of aromatic nitrogens is 2. The van der Waals surface area contributed by atoms with Gasteiger partial charge in [0.15, 0.2) is 0 Å². The number of thiophene rings is 1. The van der Waals surface area contributed by atoms with E-state index in [-0.39, 0.29) is 11.5 Å². The summed E-state index contributed by atoms with van der Waals surface area (Å²) in [5, 5.41) is 11.0. The number of fused-ring (bicyclic) bond motifs is 1. The quantitative estimate of drug-likeness (QED) is 0.928. The van der Waals surface area contributed by atoms with Gasteiger partial charge in [-0.1, -0.05) is 13.8 Å². The number of piperidine rings is 1. The first-order valence-corrected chi connectivity index (χ1v) is 8.81. The van der Waals surface area contributed by atoms with Crippen LogP contribution in [0.2, 0.25) is 0 Å². The fourth-order valence-electron chi connectivity index (χ4n) is 3.03. The van der Waals surface area contributed by atoms with Crippen LogP contribution in [0.4, 0.5) is 5.95 Å². The molecule has 0 amide bonds. The monoisotopic (exact) mass is 335 g/mol. The number of carboxylic acid groups (broad SMARTS) is 1. The second-order valence-corrected chi connectivity index (χ2v) is 7.37. The van der Waals surface area contributed by atoms with Gasteiger partial charge in [-0.2, -0.15) is 0 Å². The summed E-state index contributed by atoms with van der Waals surface area (Å²) in [5.74, 6) is -0.00692.